The van der Waals surface area contributed by atoms with Crippen molar-refractivity contribution in [2.45, 2.75) is 0 Å². The molecule has 32 heavy (non-hydrogen) atoms. The standard InChI is InChI=1S/C22H14Cl2N2O5S/c23-13-7-8-17(16(24)12-13)26(21(29)18-6-3-10-30-18)22(32)31-11-9-25-19(27)14-4-1-2-5-15(14)20(25)28/h1-8,10,12H,9,11H2. The van der Waals surface area contributed by atoms with E-state index in [9.17, 15) is 14.4 Å². The lowest BCUT2D eigenvalue weighted by Gasteiger charge is -2.24. The number of carbonyl (C=O) groups excluding carboxylic acids is 3. The van der Waals surface area contributed by atoms with Crippen LogP contribution in [0.2, 0.25) is 10.0 Å². The first kappa shape index (κ1) is 22.0. The molecular formula is C22H14Cl2N2O5S. The summed E-state index contributed by atoms with van der Waals surface area (Å²) in [5.41, 5.74) is 0.911. The van der Waals surface area contributed by atoms with E-state index in [4.69, 9.17) is 44.6 Å². The van der Waals surface area contributed by atoms with Crippen molar-refractivity contribution in [1.82, 2.24) is 4.90 Å². The van der Waals surface area contributed by atoms with Crippen LogP contribution in [0.5, 0.6) is 0 Å². The number of rotatable bonds is 5. The second-order valence-corrected chi connectivity index (χ2v) is 7.83. The summed E-state index contributed by atoms with van der Waals surface area (Å²) in [5, 5.41) is 0.317. The first-order valence-corrected chi connectivity index (χ1v) is 10.5. The van der Waals surface area contributed by atoms with Crippen molar-refractivity contribution in [1.29, 1.82) is 0 Å². The van der Waals surface area contributed by atoms with E-state index in [1.54, 1.807) is 36.4 Å². The molecule has 2 heterocycles. The molecule has 3 amide bonds. The minimum absolute atomic E-state index is 0.0160. The largest absolute Gasteiger partial charge is 0.468 e. The highest BCUT2D eigenvalue weighted by Crippen LogP contribution is 2.31. The minimum atomic E-state index is -0.607. The van der Waals surface area contributed by atoms with Gasteiger partial charge in [0.05, 0.1) is 34.6 Å². The molecule has 0 fully saturated rings. The number of amides is 3. The van der Waals surface area contributed by atoms with Gasteiger partial charge in [-0.3, -0.25) is 19.3 Å². The highest BCUT2D eigenvalue weighted by molar-refractivity contribution is 7.80. The van der Waals surface area contributed by atoms with Crippen molar-refractivity contribution in [3.8, 4) is 0 Å². The van der Waals surface area contributed by atoms with Gasteiger partial charge in [0.2, 0.25) is 0 Å². The van der Waals surface area contributed by atoms with Crippen molar-refractivity contribution in [3.05, 3.63) is 87.8 Å². The molecular weight excluding hydrogens is 475 g/mol. The Morgan fingerprint density at radius 1 is 1.03 bits per heavy atom. The van der Waals surface area contributed by atoms with Crippen LogP contribution in [-0.4, -0.2) is 40.9 Å². The van der Waals surface area contributed by atoms with Crippen molar-refractivity contribution in [2.75, 3.05) is 18.1 Å². The number of benzene rings is 2. The smallest absolute Gasteiger partial charge is 0.301 e. The summed E-state index contributed by atoms with van der Waals surface area (Å²) < 4.78 is 10.8. The number of anilines is 1. The number of carbonyl (C=O) groups is 3. The molecule has 0 unspecified atom stereocenters. The van der Waals surface area contributed by atoms with Gasteiger partial charge in [0.25, 0.3) is 17.0 Å². The molecule has 3 aromatic rings. The van der Waals surface area contributed by atoms with Crippen LogP contribution in [0.1, 0.15) is 31.3 Å². The Balaban J connectivity index is 1.50. The Morgan fingerprint density at radius 2 is 1.72 bits per heavy atom. The Hall–Kier alpha value is -3.20. The van der Waals surface area contributed by atoms with Crippen LogP contribution in [0.4, 0.5) is 5.69 Å². The average molecular weight is 489 g/mol. The van der Waals surface area contributed by atoms with E-state index in [0.717, 1.165) is 9.80 Å². The van der Waals surface area contributed by atoms with E-state index in [-0.39, 0.29) is 34.8 Å². The fourth-order valence-electron chi connectivity index (χ4n) is 3.19. The van der Waals surface area contributed by atoms with Gasteiger partial charge >= 0.3 is 5.91 Å². The molecule has 0 bridgehead atoms. The maximum Gasteiger partial charge on any atom is 0.301 e. The van der Waals surface area contributed by atoms with E-state index in [1.165, 1.54) is 24.5 Å². The first-order chi connectivity index (χ1) is 15.4. The van der Waals surface area contributed by atoms with Crippen LogP contribution < -0.4 is 4.90 Å². The van der Waals surface area contributed by atoms with Gasteiger partial charge in [0.15, 0.2) is 5.76 Å². The molecule has 2 aromatic carbocycles. The van der Waals surface area contributed by atoms with Gasteiger partial charge in [-0.05, 0) is 54.7 Å². The van der Waals surface area contributed by atoms with E-state index in [1.807, 2.05) is 0 Å². The zero-order valence-corrected chi connectivity index (χ0v) is 18.6. The van der Waals surface area contributed by atoms with Gasteiger partial charge in [-0.15, -0.1) is 0 Å². The second kappa shape index (κ2) is 9.12. The summed E-state index contributed by atoms with van der Waals surface area (Å²) in [6.07, 6.45) is 1.35. The number of furan rings is 1. The lowest BCUT2D eigenvalue weighted by atomic mass is 10.1. The molecule has 0 atom stereocenters. The predicted molar refractivity (Wildman–Crippen MR) is 122 cm³/mol. The van der Waals surface area contributed by atoms with Crippen LogP contribution >= 0.6 is 35.4 Å². The second-order valence-electron chi connectivity index (χ2n) is 6.64. The summed E-state index contributed by atoms with van der Waals surface area (Å²) in [5.74, 6) is -1.42. The zero-order chi connectivity index (χ0) is 22.8. The lowest BCUT2D eigenvalue weighted by Crippen LogP contribution is -2.39. The lowest BCUT2D eigenvalue weighted by molar-refractivity contribution is 0.0627. The minimum Gasteiger partial charge on any atom is -0.468 e. The summed E-state index contributed by atoms with van der Waals surface area (Å²) in [6, 6.07) is 14.1. The number of imide groups is 1. The number of thiocarbonyl (C=S) groups is 1. The van der Waals surface area contributed by atoms with Crippen molar-refractivity contribution in [2.24, 2.45) is 0 Å². The quantitative estimate of drug-likeness (QED) is 0.377. The van der Waals surface area contributed by atoms with Crippen LogP contribution in [0.25, 0.3) is 0 Å². The molecule has 0 saturated carbocycles. The monoisotopic (exact) mass is 488 g/mol. The predicted octanol–water partition coefficient (Wildman–Crippen LogP) is 4.83. The van der Waals surface area contributed by atoms with Crippen molar-refractivity contribution >= 4 is 64.0 Å². The third kappa shape index (κ3) is 4.12. The topological polar surface area (TPSA) is 80.1 Å². The molecule has 0 aliphatic carbocycles. The van der Waals surface area contributed by atoms with Crippen molar-refractivity contribution in [3.63, 3.8) is 0 Å². The molecule has 0 radical (unpaired) electrons. The van der Waals surface area contributed by atoms with Gasteiger partial charge in [0.1, 0.15) is 6.61 Å². The third-order valence-electron chi connectivity index (χ3n) is 4.69. The molecule has 10 heteroatoms. The van der Waals surface area contributed by atoms with Crippen molar-refractivity contribution < 1.29 is 23.5 Å². The Morgan fingerprint density at radius 3 is 2.31 bits per heavy atom. The molecule has 7 nitrogen and oxygen atoms in total. The van der Waals surface area contributed by atoms with Crippen LogP contribution in [0.3, 0.4) is 0 Å². The molecule has 4 rings (SSSR count). The Kier molecular flexibility index (Phi) is 6.27. The number of hydrogen-bond acceptors (Lipinski definition) is 6. The SMILES string of the molecule is O=C1c2ccccc2C(=O)N1CCOC(=S)N(C(=O)c1ccco1)c1ccc(Cl)cc1Cl. The molecule has 0 saturated heterocycles. The van der Waals surface area contributed by atoms with Crippen LogP contribution in [-0.2, 0) is 4.74 Å². The van der Waals surface area contributed by atoms with E-state index < -0.39 is 17.7 Å². The number of fused-ring (bicyclic) bond motifs is 1. The van der Waals surface area contributed by atoms with Crippen LogP contribution in [0, 0.1) is 0 Å². The summed E-state index contributed by atoms with van der Waals surface area (Å²) >= 11 is 17.6. The van der Waals surface area contributed by atoms with Gasteiger partial charge in [-0.25, -0.2) is 4.90 Å². The average Bonchev–Trinajstić information content (AvgIpc) is 3.39. The highest BCUT2D eigenvalue weighted by Gasteiger charge is 2.35. The highest BCUT2D eigenvalue weighted by atomic mass is 35.5. The first-order valence-electron chi connectivity index (χ1n) is 9.33. The van der Waals surface area contributed by atoms with E-state index in [2.05, 4.69) is 0 Å². The Bertz CT molecular complexity index is 1190. The van der Waals surface area contributed by atoms with Crippen LogP contribution in [0.15, 0.2) is 65.3 Å². The number of halogens is 2. The van der Waals surface area contributed by atoms with E-state index in [0.29, 0.717) is 16.1 Å². The fourth-order valence-corrected chi connectivity index (χ4v) is 3.95. The molecule has 1 aliphatic heterocycles. The number of hydrogen-bond donors (Lipinski definition) is 0. The van der Waals surface area contributed by atoms with Gasteiger partial charge in [-0.2, -0.15) is 0 Å². The molecule has 1 aliphatic rings. The number of nitrogens with zero attached hydrogens (tertiary/aromatic N) is 2. The number of ether oxygens (including phenoxy) is 1. The third-order valence-corrected chi connectivity index (χ3v) is 5.53. The fraction of sp³-hybridized carbons (Fsp3) is 0.0909. The molecule has 1 aromatic heterocycles. The Labute approximate surface area is 198 Å². The maximum atomic E-state index is 13.0. The van der Waals surface area contributed by atoms with Gasteiger partial charge in [-0.1, -0.05) is 35.3 Å². The van der Waals surface area contributed by atoms with Gasteiger partial charge in [0, 0.05) is 5.02 Å². The summed E-state index contributed by atoms with van der Waals surface area (Å²) in [7, 11) is 0. The summed E-state index contributed by atoms with van der Waals surface area (Å²) in [4.78, 5) is 40.1. The molecule has 162 valence electrons. The molecule has 0 spiro atoms. The van der Waals surface area contributed by atoms with E-state index >= 15 is 0 Å². The zero-order valence-electron chi connectivity index (χ0n) is 16.3. The normalized spacial score (nSPS) is 12.6. The maximum absolute atomic E-state index is 13.0. The van der Waals surface area contributed by atoms with Gasteiger partial charge < -0.3 is 9.15 Å². The summed E-state index contributed by atoms with van der Waals surface area (Å²) in [6.45, 7) is -0.179. The molecule has 0 N–H and O–H groups in total.